The van der Waals surface area contributed by atoms with Crippen LogP contribution in [-0.4, -0.2) is 29.6 Å². The largest absolute Gasteiger partial charge is 0.481 e. The number of carbonyl (C=O) groups excluding carboxylic acids is 1. The minimum absolute atomic E-state index is 0.131. The summed E-state index contributed by atoms with van der Waals surface area (Å²) < 4.78 is 5.43. The third-order valence-corrected chi connectivity index (χ3v) is 4.94. The Morgan fingerprint density at radius 2 is 1.88 bits per heavy atom. The molecule has 140 valence electrons. The second-order valence-electron chi connectivity index (χ2n) is 6.76. The van der Waals surface area contributed by atoms with Crippen molar-refractivity contribution in [1.29, 1.82) is 0 Å². The third kappa shape index (κ3) is 5.52. The van der Waals surface area contributed by atoms with E-state index in [0.717, 1.165) is 25.7 Å². The van der Waals surface area contributed by atoms with Crippen LogP contribution >= 0.6 is 0 Å². The second kappa shape index (κ2) is 9.86. The smallest absolute Gasteiger partial charge is 0.308 e. The Morgan fingerprint density at radius 1 is 1.23 bits per heavy atom. The van der Waals surface area contributed by atoms with Crippen molar-refractivity contribution >= 4 is 11.9 Å². The minimum Gasteiger partial charge on any atom is -0.481 e. The van der Waals surface area contributed by atoms with E-state index in [4.69, 9.17) is 4.74 Å². The van der Waals surface area contributed by atoms with Crippen LogP contribution < -0.4 is 10.1 Å². The Labute approximate surface area is 155 Å². The van der Waals surface area contributed by atoms with E-state index >= 15 is 0 Å². The van der Waals surface area contributed by atoms with Crippen molar-refractivity contribution in [3.05, 3.63) is 29.8 Å². The van der Waals surface area contributed by atoms with Gasteiger partial charge in [-0.1, -0.05) is 25.2 Å². The molecule has 1 aliphatic rings. The number of rotatable bonds is 7. The number of carboxylic acid groups (broad SMARTS) is 1. The van der Waals surface area contributed by atoms with E-state index < -0.39 is 17.9 Å². The van der Waals surface area contributed by atoms with E-state index in [1.54, 1.807) is 38.1 Å². The van der Waals surface area contributed by atoms with E-state index in [-0.39, 0.29) is 11.8 Å². The summed E-state index contributed by atoms with van der Waals surface area (Å²) in [5, 5.41) is 12.5. The molecule has 2 atom stereocenters. The van der Waals surface area contributed by atoms with Gasteiger partial charge in [-0.25, -0.2) is 0 Å². The summed E-state index contributed by atoms with van der Waals surface area (Å²) in [6.07, 6.45) is 5.15. The molecule has 0 saturated heterocycles. The highest BCUT2D eigenvalue weighted by molar-refractivity contribution is 5.94. The molecule has 1 fully saturated rings. The van der Waals surface area contributed by atoms with Crippen LogP contribution in [0.15, 0.2) is 24.3 Å². The van der Waals surface area contributed by atoms with Crippen LogP contribution in [0.3, 0.4) is 0 Å². The summed E-state index contributed by atoms with van der Waals surface area (Å²) in [6, 6.07) is 6.36. The molecule has 1 aromatic rings. The Bertz CT molecular complexity index is 665. The molecule has 0 bridgehead atoms. The summed E-state index contributed by atoms with van der Waals surface area (Å²) in [6.45, 7) is 3.84. The van der Waals surface area contributed by atoms with Gasteiger partial charge < -0.3 is 15.2 Å². The molecule has 1 saturated carbocycles. The first-order valence-electron chi connectivity index (χ1n) is 9.19. The number of hydrogen-bond donors (Lipinski definition) is 2. The highest BCUT2D eigenvalue weighted by Crippen LogP contribution is 2.32. The highest BCUT2D eigenvalue weighted by Gasteiger charge is 2.34. The summed E-state index contributed by atoms with van der Waals surface area (Å²) in [4.78, 5) is 24.2. The molecule has 26 heavy (non-hydrogen) atoms. The zero-order chi connectivity index (χ0) is 18.9. The number of carbonyl (C=O) groups is 2. The Kier molecular flexibility index (Phi) is 7.53. The van der Waals surface area contributed by atoms with Crippen LogP contribution in [0.2, 0.25) is 0 Å². The molecule has 5 heteroatoms. The molecule has 0 radical (unpaired) electrons. The number of benzene rings is 1. The van der Waals surface area contributed by atoms with Gasteiger partial charge in [0, 0.05) is 11.6 Å². The molecule has 1 aromatic carbocycles. The fourth-order valence-corrected chi connectivity index (χ4v) is 3.59. The molecular formula is C21H27NO4. The fraction of sp³-hybridized carbons (Fsp3) is 0.524. The number of amides is 1. The van der Waals surface area contributed by atoms with Crippen molar-refractivity contribution in [3.8, 4) is 17.6 Å². The molecule has 2 rings (SSSR count). The van der Waals surface area contributed by atoms with Gasteiger partial charge in [-0.15, -0.1) is 5.92 Å². The molecule has 1 amide bonds. The van der Waals surface area contributed by atoms with Gasteiger partial charge in [0.05, 0.1) is 5.92 Å². The van der Waals surface area contributed by atoms with Gasteiger partial charge >= 0.3 is 5.97 Å². The SMILES string of the molecule is CC#CCOc1ccc(C(=O)NC(C)C(C(=O)O)C2CCCCC2)cc1. The Balaban J connectivity index is 1.97. The van der Waals surface area contributed by atoms with Crippen LogP contribution in [-0.2, 0) is 4.79 Å². The van der Waals surface area contributed by atoms with Crippen molar-refractivity contribution in [2.75, 3.05) is 6.61 Å². The summed E-state index contributed by atoms with van der Waals surface area (Å²) >= 11 is 0. The molecular weight excluding hydrogens is 330 g/mol. The molecule has 0 spiro atoms. The van der Waals surface area contributed by atoms with Crippen LogP contribution in [0.4, 0.5) is 0 Å². The minimum atomic E-state index is -0.828. The lowest BCUT2D eigenvalue weighted by Crippen LogP contribution is -2.45. The standard InChI is InChI=1S/C21H27NO4/c1-3-4-14-26-18-12-10-17(11-13-18)20(23)22-15(2)19(21(24)25)16-8-6-5-7-9-16/h10-13,15-16,19H,5-9,14H2,1-2H3,(H,22,23)(H,24,25). The van der Waals surface area contributed by atoms with Crippen LogP contribution in [0.25, 0.3) is 0 Å². The lowest BCUT2D eigenvalue weighted by Gasteiger charge is -2.31. The first kappa shape index (κ1) is 19.8. The van der Waals surface area contributed by atoms with Crippen molar-refractivity contribution in [2.45, 2.75) is 52.0 Å². The lowest BCUT2D eigenvalue weighted by molar-refractivity contribution is -0.145. The quantitative estimate of drug-likeness (QED) is 0.733. The van der Waals surface area contributed by atoms with Crippen molar-refractivity contribution in [1.82, 2.24) is 5.32 Å². The Hall–Kier alpha value is -2.48. The van der Waals surface area contributed by atoms with E-state index in [9.17, 15) is 14.7 Å². The molecule has 1 aliphatic carbocycles. The molecule has 0 aromatic heterocycles. The van der Waals surface area contributed by atoms with Gasteiger partial charge in [0.25, 0.3) is 5.91 Å². The predicted octanol–water partition coefficient (Wildman–Crippen LogP) is 3.49. The number of nitrogens with one attached hydrogen (secondary N) is 1. The van der Waals surface area contributed by atoms with Gasteiger partial charge in [0.15, 0.2) is 0 Å². The molecule has 2 unspecified atom stereocenters. The maximum Gasteiger partial charge on any atom is 0.308 e. The van der Waals surface area contributed by atoms with E-state index in [1.165, 1.54) is 6.42 Å². The topological polar surface area (TPSA) is 75.6 Å². The van der Waals surface area contributed by atoms with E-state index in [1.807, 2.05) is 0 Å². The van der Waals surface area contributed by atoms with Crippen LogP contribution in [0, 0.1) is 23.7 Å². The zero-order valence-electron chi connectivity index (χ0n) is 15.5. The normalized spacial score (nSPS) is 16.7. The van der Waals surface area contributed by atoms with Gasteiger partial charge in [-0.3, -0.25) is 9.59 Å². The van der Waals surface area contributed by atoms with Gasteiger partial charge in [0.1, 0.15) is 12.4 Å². The second-order valence-corrected chi connectivity index (χ2v) is 6.76. The molecule has 0 aliphatic heterocycles. The molecule has 0 heterocycles. The van der Waals surface area contributed by atoms with Crippen molar-refractivity contribution in [3.63, 3.8) is 0 Å². The predicted molar refractivity (Wildman–Crippen MR) is 100 cm³/mol. The van der Waals surface area contributed by atoms with Crippen LogP contribution in [0.5, 0.6) is 5.75 Å². The molecule has 2 N–H and O–H groups in total. The van der Waals surface area contributed by atoms with Gasteiger partial charge in [0.2, 0.25) is 0 Å². The fourth-order valence-electron chi connectivity index (χ4n) is 3.59. The van der Waals surface area contributed by atoms with Crippen molar-refractivity contribution in [2.24, 2.45) is 11.8 Å². The summed E-state index contributed by atoms with van der Waals surface area (Å²) in [5.74, 6) is 4.69. The van der Waals surface area contributed by atoms with Gasteiger partial charge in [-0.05, 0) is 56.9 Å². The number of hydrogen-bond acceptors (Lipinski definition) is 3. The average molecular weight is 357 g/mol. The number of ether oxygens (including phenoxy) is 1. The maximum absolute atomic E-state index is 12.5. The van der Waals surface area contributed by atoms with E-state index in [0.29, 0.717) is 17.9 Å². The highest BCUT2D eigenvalue weighted by atomic mass is 16.5. The molecule has 5 nitrogen and oxygen atoms in total. The first-order chi connectivity index (χ1) is 12.5. The average Bonchev–Trinajstić information content (AvgIpc) is 2.63. The van der Waals surface area contributed by atoms with Gasteiger partial charge in [-0.2, -0.15) is 0 Å². The third-order valence-electron chi connectivity index (χ3n) is 4.94. The summed E-state index contributed by atoms with van der Waals surface area (Å²) in [7, 11) is 0. The Morgan fingerprint density at radius 3 is 2.46 bits per heavy atom. The number of aliphatic carboxylic acids is 1. The monoisotopic (exact) mass is 357 g/mol. The number of carboxylic acids is 1. The summed E-state index contributed by atoms with van der Waals surface area (Å²) in [5.41, 5.74) is 0.485. The zero-order valence-corrected chi connectivity index (χ0v) is 15.5. The maximum atomic E-state index is 12.5. The van der Waals surface area contributed by atoms with Crippen molar-refractivity contribution < 1.29 is 19.4 Å². The lowest BCUT2D eigenvalue weighted by atomic mass is 9.77. The first-order valence-corrected chi connectivity index (χ1v) is 9.19. The van der Waals surface area contributed by atoms with Crippen LogP contribution in [0.1, 0.15) is 56.3 Å². The van der Waals surface area contributed by atoms with E-state index in [2.05, 4.69) is 17.2 Å².